The Labute approximate surface area is 119 Å². The van der Waals surface area contributed by atoms with Gasteiger partial charge in [0.1, 0.15) is 5.02 Å². The van der Waals surface area contributed by atoms with Crippen LogP contribution in [0, 0.1) is 11.8 Å². The fourth-order valence-corrected chi connectivity index (χ4v) is 3.10. The molecule has 1 aliphatic rings. The van der Waals surface area contributed by atoms with Crippen LogP contribution in [0.4, 0.5) is 5.69 Å². The lowest BCUT2D eigenvalue weighted by Gasteiger charge is -2.26. The summed E-state index contributed by atoms with van der Waals surface area (Å²) in [5.41, 5.74) is 0.395. The molecule has 106 valence electrons. The minimum Gasteiger partial charge on any atom is -0.382 e. The minimum atomic E-state index is -0.252. The van der Waals surface area contributed by atoms with E-state index in [-0.39, 0.29) is 10.6 Å². The van der Waals surface area contributed by atoms with E-state index in [0.717, 1.165) is 24.8 Å². The van der Waals surface area contributed by atoms with Gasteiger partial charge in [0.15, 0.2) is 0 Å². The van der Waals surface area contributed by atoms with Crippen LogP contribution in [0.15, 0.2) is 11.0 Å². The molecule has 0 aromatic carbocycles. The number of anilines is 1. The topological polar surface area (TPSA) is 46.9 Å². The molecule has 0 spiro atoms. The lowest BCUT2D eigenvalue weighted by atomic mass is 9.81. The molecule has 1 fully saturated rings. The smallest absolute Gasteiger partial charge is 0.287 e. The molecule has 0 amide bonds. The molecule has 5 heteroatoms. The van der Waals surface area contributed by atoms with Gasteiger partial charge in [0.05, 0.1) is 11.9 Å². The van der Waals surface area contributed by atoms with Gasteiger partial charge < -0.3 is 5.32 Å². The molecule has 1 N–H and O–H groups in total. The molecule has 1 aromatic heterocycles. The van der Waals surface area contributed by atoms with Gasteiger partial charge in [0.25, 0.3) is 5.56 Å². The molecule has 1 aromatic rings. The van der Waals surface area contributed by atoms with E-state index in [1.807, 2.05) is 0 Å². The Hall–Kier alpha value is -1.03. The molecule has 4 nitrogen and oxygen atoms in total. The summed E-state index contributed by atoms with van der Waals surface area (Å²) in [7, 11) is 1.60. The third-order valence-electron chi connectivity index (χ3n) is 3.99. The highest BCUT2D eigenvalue weighted by molar-refractivity contribution is 6.32. The highest BCUT2D eigenvalue weighted by atomic mass is 35.5. The number of aryl methyl sites for hydroxylation is 1. The van der Waals surface area contributed by atoms with Crippen molar-refractivity contribution in [3.8, 4) is 0 Å². The van der Waals surface area contributed by atoms with Crippen LogP contribution < -0.4 is 10.9 Å². The van der Waals surface area contributed by atoms with Crippen molar-refractivity contribution in [2.45, 2.75) is 39.0 Å². The Morgan fingerprint density at radius 3 is 3.05 bits per heavy atom. The molecular formula is C14H22ClN3O. The second-order valence-electron chi connectivity index (χ2n) is 5.65. The van der Waals surface area contributed by atoms with E-state index in [9.17, 15) is 4.79 Å². The van der Waals surface area contributed by atoms with Crippen LogP contribution in [0.1, 0.15) is 39.0 Å². The maximum absolute atomic E-state index is 11.6. The van der Waals surface area contributed by atoms with Gasteiger partial charge in [-0.25, -0.2) is 4.68 Å². The first kappa shape index (κ1) is 14.4. The van der Waals surface area contributed by atoms with Crippen molar-refractivity contribution >= 4 is 17.3 Å². The molecule has 1 aliphatic carbocycles. The van der Waals surface area contributed by atoms with Gasteiger partial charge in [-0.1, -0.05) is 37.8 Å². The zero-order valence-corrected chi connectivity index (χ0v) is 12.4. The van der Waals surface area contributed by atoms with Crippen LogP contribution in [0.3, 0.4) is 0 Å². The predicted molar refractivity (Wildman–Crippen MR) is 78.7 cm³/mol. The summed E-state index contributed by atoms with van der Waals surface area (Å²) in [6.45, 7) is 3.19. The van der Waals surface area contributed by atoms with Crippen LogP contribution in [-0.4, -0.2) is 16.3 Å². The lowest BCUT2D eigenvalue weighted by molar-refractivity contribution is 0.274. The number of halogens is 1. The van der Waals surface area contributed by atoms with Crippen LogP contribution >= 0.6 is 11.6 Å². The van der Waals surface area contributed by atoms with E-state index >= 15 is 0 Å². The number of rotatable bonds is 4. The van der Waals surface area contributed by atoms with E-state index in [1.165, 1.54) is 30.4 Å². The Morgan fingerprint density at radius 2 is 2.32 bits per heavy atom. The van der Waals surface area contributed by atoms with Gasteiger partial charge in [0.2, 0.25) is 0 Å². The van der Waals surface area contributed by atoms with E-state index < -0.39 is 0 Å². The Morgan fingerprint density at radius 1 is 1.53 bits per heavy atom. The molecule has 2 rings (SSSR count). The molecule has 0 aliphatic heterocycles. The molecule has 0 radical (unpaired) electrons. The number of nitrogens with zero attached hydrogens (tertiary/aromatic N) is 2. The Kier molecular flexibility index (Phi) is 4.86. The molecule has 19 heavy (non-hydrogen) atoms. The summed E-state index contributed by atoms with van der Waals surface area (Å²) in [5, 5.41) is 7.44. The summed E-state index contributed by atoms with van der Waals surface area (Å²) in [6, 6.07) is 0. The summed E-state index contributed by atoms with van der Waals surface area (Å²) in [4.78, 5) is 11.6. The molecule has 1 heterocycles. The molecule has 2 atom stereocenters. The highest BCUT2D eigenvalue weighted by Gasteiger charge is 2.18. The SMILES string of the molecule is CC1CCCC(CCNc2cnn(C)c(=O)c2Cl)C1. The largest absolute Gasteiger partial charge is 0.382 e. The van der Waals surface area contributed by atoms with Gasteiger partial charge in [-0.15, -0.1) is 0 Å². The van der Waals surface area contributed by atoms with E-state index in [4.69, 9.17) is 11.6 Å². The maximum Gasteiger partial charge on any atom is 0.287 e. The molecule has 0 saturated heterocycles. The van der Waals surface area contributed by atoms with Crippen molar-refractivity contribution in [3.63, 3.8) is 0 Å². The zero-order valence-electron chi connectivity index (χ0n) is 11.7. The van der Waals surface area contributed by atoms with Crippen molar-refractivity contribution in [1.29, 1.82) is 0 Å². The van der Waals surface area contributed by atoms with Crippen molar-refractivity contribution in [2.24, 2.45) is 18.9 Å². The van der Waals surface area contributed by atoms with Gasteiger partial charge in [-0.05, 0) is 24.7 Å². The van der Waals surface area contributed by atoms with Crippen molar-refractivity contribution < 1.29 is 0 Å². The van der Waals surface area contributed by atoms with E-state index in [2.05, 4.69) is 17.3 Å². The average Bonchev–Trinajstić information content (AvgIpc) is 2.39. The first-order chi connectivity index (χ1) is 9.08. The number of nitrogens with one attached hydrogen (secondary N) is 1. The second-order valence-corrected chi connectivity index (χ2v) is 6.03. The summed E-state index contributed by atoms with van der Waals surface area (Å²) in [5.74, 6) is 1.66. The first-order valence-electron chi connectivity index (χ1n) is 7.03. The number of aromatic nitrogens is 2. The quantitative estimate of drug-likeness (QED) is 0.924. The fraction of sp³-hybridized carbons (Fsp3) is 0.714. The minimum absolute atomic E-state index is 0.231. The average molecular weight is 284 g/mol. The summed E-state index contributed by atoms with van der Waals surface area (Å²) in [6.07, 6.45) is 8.12. The van der Waals surface area contributed by atoms with E-state index in [1.54, 1.807) is 13.2 Å². The number of hydrogen-bond donors (Lipinski definition) is 1. The predicted octanol–water partition coefficient (Wildman–Crippen LogP) is 3.06. The molecule has 0 bridgehead atoms. The summed E-state index contributed by atoms with van der Waals surface area (Å²) >= 11 is 6.01. The van der Waals surface area contributed by atoms with Gasteiger partial charge in [-0.3, -0.25) is 4.79 Å². The van der Waals surface area contributed by atoms with Crippen molar-refractivity contribution in [2.75, 3.05) is 11.9 Å². The second kappa shape index (κ2) is 6.42. The summed E-state index contributed by atoms with van der Waals surface area (Å²) < 4.78 is 1.25. The highest BCUT2D eigenvalue weighted by Crippen LogP contribution is 2.30. The normalized spacial score (nSPS) is 23.3. The molecule has 2 unspecified atom stereocenters. The van der Waals surface area contributed by atoms with Crippen LogP contribution in [0.25, 0.3) is 0 Å². The van der Waals surface area contributed by atoms with Crippen LogP contribution in [0.5, 0.6) is 0 Å². The number of hydrogen-bond acceptors (Lipinski definition) is 3. The maximum atomic E-state index is 11.6. The van der Waals surface area contributed by atoms with Gasteiger partial charge in [-0.2, -0.15) is 5.10 Å². The zero-order chi connectivity index (χ0) is 13.8. The van der Waals surface area contributed by atoms with Crippen LogP contribution in [0.2, 0.25) is 5.02 Å². The first-order valence-corrected chi connectivity index (χ1v) is 7.41. The molecule has 1 saturated carbocycles. The third-order valence-corrected chi connectivity index (χ3v) is 4.36. The van der Waals surface area contributed by atoms with Crippen LogP contribution in [-0.2, 0) is 7.05 Å². The molecular weight excluding hydrogens is 262 g/mol. The third kappa shape index (κ3) is 3.72. The fourth-order valence-electron chi connectivity index (χ4n) is 2.87. The van der Waals surface area contributed by atoms with E-state index in [0.29, 0.717) is 5.69 Å². The van der Waals surface area contributed by atoms with Crippen molar-refractivity contribution in [1.82, 2.24) is 9.78 Å². The van der Waals surface area contributed by atoms with Gasteiger partial charge in [0, 0.05) is 13.6 Å². The lowest BCUT2D eigenvalue weighted by Crippen LogP contribution is -2.22. The van der Waals surface area contributed by atoms with Gasteiger partial charge >= 0.3 is 0 Å². The monoisotopic (exact) mass is 283 g/mol. The Balaban J connectivity index is 1.86. The Bertz CT molecular complexity index is 486. The standard InChI is InChI=1S/C14H22ClN3O/c1-10-4-3-5-11(8-10)6-7-16-12-9-17-18(2)14(19)13(12)15/h9-11,16H,3-8H2,1-2H3. The van der Waals surface area contributed by atoms with Crippen molar-refractivity contribution in [3.05, 3.63) is 21.6 Å².